The molecule has 1 aromatic carbocycles. The second kappa shape index (κ2) is 7.97. The van der Waals surface area contributed by atoms with Gasteiger partial charge in [0.1, 0.15) is 18.1 Å². The molecule has 0 bridgehead atoms. The molecule has 25 heavy (non-hydrogen) atoms. The zero-order valence-electron chi connectivity index (χ0n) is 13.5. The van der Waals surface area contributed by atoms with Crippen LogP contribution >= 0.6 is 11.6 Å². The van der Waals surface area contributed by atoms with Crippen molar-refractivity contribution in [3.8, 4) is 11.5 Å². The molecule has 0 amide bonds. The van der Waals surface area contributed by atoms with Crippen LogP contribution in [0.4, 0.5) is 13.2 Å². The Kier molecular flexibility index (Phi) is 6.18. The van der Waals surface area contributed by atoms with Crippen LogP contribution in [-0.2, 0) is 14.3 Å². The average Bonchev–Trinajstić information content (AvgIpc) is 2.53. The number of esters is 1. The summed E-state index contributed by atoms with van der Waals surface area (Å²) in [5.41, 5.74) is -0.404. The van der Waals surface area contributed by atoms with E-state index in [1.807, 2.05) is 0 Å². The molecule has 1 heterocycles. The number of fused-ring (bicyclic) bond motifs is 1. The molecule has 1 aromatic rings. The van der Waals surface area contributed by atoms with Gasteiger partial charge in [0.05, 0.1) is 23.8 Å². The van der Waals surface area contributed by atoms with Crippen molar-refractivity contribution in [1.82, 2.24) is 0 Å². The van der Waals surface area contributed by atoms with E-state index in [2.05, 4.69) is 4.74 Å². The number of methoxy groups -OCH3 is 1. The first-order valence-electron chi connectivity index (χ1n) is 7.35. The molecule has 1 aliphatic rings. The molecule has 5 nitrogen and oxygen atoms in total. The molecule has 1 unspecified atom stereocenters. The first-order valence-corrected chi connectivity index (χ1v) is 7.73. The molecule has 0 aliphatic carbocycles. The van der Waals surface area contributed by atoms with Crippen molar-refractivity contribution in [2.45, 2.75) is 19.2 Å². The molecule has 0 saturated carbocycles. The summed E-state index contributed by atoms with van der Waals surface area (Å²) < 4.78 is 59.7. The van der Waals surface area contributed by atoms with Crippen molar-refractivity contribution in [1.29, 1.82) is 0 Å². The Labute approximate surface area is 147 Å². The van der Waals surface area contributed by atoms with E-state index in [0.29, 0.717) is 0 Å². The van der Waals surface area contributed by atoms with Gasteiger partial charge in [-0.25, -0.2) is 4.79 Å². The third kappa shape index (κ3) is 4.58. The fraction of sp³-hybridized carbons (Fsp3) is 0.438. The number of halogens is 4. The van der Waals surface area contributed by atoms with Crippen LogP contribution in [0.15, 0.2) is 17.7 Å². The highest BCUT2D eigenvalue weighted by Crippen LogP contribution is 2.41. The Morgan fingerprint density at radius 1 is 1.32 bits per heavy atom. The number of hydrogen-bond donors (Lipinski definition) is 0. The maximum absolute atomic E-state index is 13.3. The van der Waals surface area contributed by atoms with Gasteiger partial charge in [-0.05, 0) is 19.1 Å². The minimum atomic E-state index is -4.78. The minimum absolute atomic E-state index is 0.0549. The summed E-state index contributed by atoms with van der Waals surface area (Å²) in [6, 6.07) is 2.62. The van der Waals surface area contributed by atoms with E-state index < -0.39 is 23.8 Å². The molecule has 0 saturated heterocycles. The van der Waals surface area contributed by atoms with E-state index in [9.17, 15) is 18.0 Å². The smallest absolute Gasteiger partial charge is 0.430 e. The van der Waals surface area contributed by atoms with Crippen LogP contribution in [0.5, 0.6) is 11.5 Å². The molecule has 138 valence electrons. The number of benzene rings is 1. The van der Waals surface area contributed by atoms with Crippen LogP contribution in [0, 0.1) is 0 Å². The molecule has 0 spiro atoms. The number of alkyl halides is 3. The first-order chi connectivity index (χ1) is 11.8. The van der Waals surface area contributed by atoms with Crippen LogP contribution in [0.2, 0.25) is 5.02 Å². The van der Waals surface area contributed by atoms with Crippen molar-refractivity contribution < 1.29 is 36.9 Å². The summed E-state index contributed by atoms with van der Waals surface area (Å²) in [6.45, 7) is 1.90. The topological polar surface area (TPSA) is 54.0 Å². The van der Waals surface area contributed by atoms with Crippen LogP contribution in [-0.4, -0.2) is 45.2 Å². The maximum atomic E-state index is 13.3. The summed E-state index contributed by atoms with van der Waals surface area (Å²) in [5.74, 6) is -1.02. The van der Waals surface area contributed by atoms with Gasteiger partial charge >= 0.3 is 12.1 Å². The van der Waals surface area contributed by atoms with E-state index in [0.717, 1.165) is 6.08 Å². The highest BCUT2D eigenvalue weighted by Gasteiger charge is 2.49. The average molecular weight is 381 g/mol. The van der Waals surface area contributed by atoms with Gasteiger partial charge in [-0.3, -0.25) is 0 Å². The summed E-state index contributed by atoms with van der Waals surface area (Å²) in [6.07, 6.45) is -6.14. The lowest BCUT2D eigenvalue weighted by Crippen LogP contribution is -2.40. The predicted molar refractivity (Wildman–Crippen MR) is 83.9 cm³/mol. The maximum Gasteiger partial charge on any atom is 0.430 e. The van der Waals surface area contributed by atoms with Gasteiger partial charge in [0.15, 0.2) is 0 Å². The molecular formula is C16H16ClF3O5. The lowest BCUT2D eigenvalue weighted by Gasteiger charge is -2.28. The fourth-order valence-electron chi connectivity index (χ4n) is 2.17. The Balaban J connectivity index is 2.40. The van der Waals surface area contributed by atoms with Gasteiger partial charge in [0.25, 0.3) is 0 Å². The number of ether oxygens (including phenoxy) is 4. The van der Waals surface area contributed by atoms with E-state index >= 15 is 0 Å². The minimum Gasteiger partial charge on any atom is -0.489 e. The van der Waals surface area contributed by atoms with Gasteiger partial charge in [-0.15, -0.1) is 0 Å². The Hall–Kier alpha value is -1.93. The van der Waals surface area contributed by atoms with Gasteiger partial charge in [0.2, 0.25) is 6.10 Å². The van der Waals surface area contributed by atoms with Crippen LogP contribution in [0.1, 0.15) is 12.5 Å². The molecular weight excluding hydrogens is 365 g/mol. The predicted octanol–water partition coefficient (Wildman–Crippen LogP) is 3.64. The Morgan fingerprint density at radius 3 is 2.64 bits per heavy atom. The van der Waals surface area contributed by atoms with Crippen molar-refractivity contribution >= 4 is 23.6 Å². The second-order valence-corrected chi connectivity index (χ2v) is 5.43. The van der Waals surface area contributed by atoms with Gasteiger partial charge in [-0.1, -0.05) is 11.6 Å². The number of carbonyl (C=O) groups excluding carboxylic acids is 1. The van der Waals surface area contributed by atoms with Crippen molar-refractivity contribution in [2.24, 2.45) is 0 Å². The second-order valence-electron chi connectivity index (χ2n) is 5.02. The Morgan fingerprint density at radius 2 is 2.04 bits per heavy atom. The van der Waals surface area contributed by atoms with E-state index in [4.69, 9.17) is 25.8 Å². The van der Waals surface area contributed by atoms with E-state index in [-0.39, 0.29) is 41.9 Å². The Bertz CT molecular complexity index is 672. The zero-order chi connectivity index (χ0) is 18.6. The summed E-state index contributed by atoms with van der Waals surface area (Å²) in [4.78, 5) is 11.8. The molecule has 1 atom stereocenters. The van der Waals surface area contributed by atoms with E-state index in [1.165, 1.54) is 26.2 Å². The number of rotatable bonds is 6. The van der Waals surface area contributed by atoms with Gasteiger partial charge in [-0.2, -0.15) is 13.2 Å². The van der Waals surface area contributed by atoms with Crippen LogP contribution in [0.3, 0.4) is 0 Å². The van der Waals surface area contributed by atoms with Crippen LogP contribution in [0.25, 0.3) is 6.08 Å². The first kappa shape index (κ1) is 19.4. The summed E-state index contributed by atoms with van der Waals surface area (Å²) in [7, 11) is 1.48. The standard InChI is InChI=1S/C16H16ClF3O5/c1-3-23-15(21)10-6-9-7-11(17)13(24-5-4-22-2)8-12(9)25-14(10)16(18,19)20/h6-8,14H,3-5H2,1-2H3. The third-order valence-corrected chi connectivity index (χ3v) is 3.55. The molecule has 9 heteroatoms. The molecule has 2 rings (SSSR count). The molecule has 0 fully saturated rings. The van der Waals surface area contributed by atoms with Gasteiger partial charge < -0.3 is 18.9 Å². The van der Waals surface area contributed by atoms with Crippen molar-refractivity contribution in [3.05, 3.63) is 28.3 Å². The number of carbonyl (C=O) groups is 1. The summed E-state index contributed by atoms with van der Waals surface area (Å²) >= 11 is 6.07. The van der Waals surface area contributed by atoms with Gasteiger partial charge in [0, 0.05) is 18.7 Å². The van der Waals surface area contributed by atoms with Crippen molar-refractivity contribution in [3.63, 3.8) is 0 Å². The zero-order valence-corrected chi connectivity index (χ0v) is 14.2. The highest BCUT2D eigenvalue weighted by atomic mass is 35.5. The lowest BCUT2D eigenvalue weighted by atomic mass is 10.0. The quantitative estimate of drug-likeness (QED) is 0.557. The lowest BCUT2D eigenvalue weighted by molar-refractivity contribution is -0.187. The monoisotopic (exact) mass is 380 g/mol. The van der Waals surface area contributed by atoms with Crippen LogP contribution < -0.4 is 9.47 Å². The highest BCUT2D eigenvalue weighted by molar-refractivity contribution is 6.32. The SMILES string of the molecule is CCOC(=O)C1=Cc2cc(Cl)c(OCCOC)cc2OC1C(F)(F)F. The number of hydrogen-bond acceptors (Lipinski definition) is 5. The van der Waals surface area contributed by atoms with E-state index in [1.54, 1.807) is 0 Å². The van der Waals surface area contributed by atoms with Crippen molar-refractivity contribution in [2.75, 3.05) is 26.9 Å². The molecule has 0 radical (unpaired) electrons. The molecule has 1 aliphatic heterocycles. The largest absolute Gasteiger partial charge is 0.489 e. The normalized spacial score (nSPS) is 16.6. The summed E-state index contributed by atoms with van der Waals surface area (Å²) in [5, 5.41) is 0.170. The molecule has 0 aromatic heterocycles. The third-order valence-electron chi connectivity index (χ3n) is 3.26. The molecule has 0 N–H and O–H groups in total. The fourth-order valence-corrected chi connectivity index (χ4v) is 2.39.